The van der Waals surface area contributed by atoms with Gasteiger partial charge in [0.15, 0.2) is 5.78 Å². The van der Waals surface area contributed by atoms with Crippen LogP contribution in [0.5, 0.6) is 0 Å². The molecule has 0 spiro atoms. The third-order valence-electron chi connectivity index (χ3n) is 5.58. The van der Waals surface area contributed by atoms with E-state index >= 15 is 0 Å². The lowest BCUT2D eigenvalue weighted by molar-refractivity contribution is -0.117. The van der Waals surface area contributed by atoms with Gasteiger partial charge < -0.3 is 5.11 Å². The van der Waals surface area contributed by atoms with E-state index in [2.05, 4.69) is 49.4 Å². The molecule has 2 aromatic carbocycles. The highest BCUT2D eigenvalue weighted by molar-refractivity contribution is 6.23. The largest absolute Gasteiger partial charge is 0.511 e. The smallest absolute Gasteiger partial charge is 0.169 e. The Morgan fingerprint density at radius 3 is 2.33 bits per heavy atom. The Morgan fingerprint density at radius 2 is 1.58 bits per heavy atom. The summed E-state index contributed by atoms with van der Waals surface area (Å²) in [6.45, 7) is 4.09. The SMILES string of the molecule is Cc1ccc(-c2ccc(C)c(C3=C(O)[C@H]4CC[C@H](C4)C3=O)c2)cc1. The predicted octanol–water partition coefficient (Wildman–Crippen LogP) is 5.24. The first-order valence-electron chi connectivity index (χ1n) is 8.70. The van der Waals surface area contributed by atoms with E-state index in [9.17, 15) is 9.90 Å². The monoisotopic (exact) mass is 318 g/mol. The van der Waals surface area contributed by atoms with Crippen molar-refractivity contribution in [1.82, 2.24) is 0 Å². The van der Waals surface area contributed by atoms with Crippen LogP contribution in [-0.4, -0.2) is 10.9 Å². The Bertz CT molecular complexity index is 843. The maximum Gasteiger partial charge on any atom is 0.169 e. The van der Waals surface area contributed by atoms with Crippen LogP contribution in [0.2, 0.25) is 0 Å². The summed E-state index contributed by atoms with van der Waals surface area (Å²) >= 11 is 0. The first kappa shape index (κ1) is 15.2. The van der Waals surface area contributed by atoms with Crippen molar-refractivity contribution in [2.24, 2.45) is 11.8 Å². The zero-order valence-electron chi connectivity index (χ0n) is 14.2. The topological polar surface area (TPSA) is 37.3 Å². The van der Waals surface area contributed by atoms with Gasteiger partial charge in [-0.2, -0.15) is 0 Å². The van der Waals surface area contributed by atoms with Crippen LogP contribution >= 0.6 is 0 Å². The van der Waals surface area contributed by atoms with E-state index in [1.807, 2.05) is 6.92 Å². The Hall–Kier alpha value is -2.35. The molecular formula is C22H22O2. The predicted molar refractivity (Wildman–Crippen MR) is 96.7 cm³/mol. The zero-order valence-corrected chi connectivity index (χ0v) is 14.2. The van der Waals surface area contributed by atoms with E-state index in [4.69, 9.17) is 0 Å². The summed E-state index contributed by atoms with van der Waals surface area (Å²) in [5, 5.41) is 10.7. The van der Waals surface area contributed by atoms with Crippen LogP contribution in [-0.2, 0) is 4.79 Å². The molecule has 2 aliphatic rings. The fourth-order valence-electron chi connectivity index (χ4n) is 4.09. The van der Waals surface area contributed by atoms with Gasteiger partial charge in [0.05, 0.1) is 5.57 Å². The number of ketones is 1. The minimum Gasteiger partial charge on any atom is -0.511 e. The molecule has 24 heavy (non-hydrogen) atoms. The standard InChI is InChI=1S/C22H22O2/c1-13-3-6-15(7-4-13)16-8-5-14(2)19(12-16)20-21(23)17-9-10-18(11-17)22(20)24/h3-8,12,17-18,23H,9-11H2,1-2H3/t17-,18+/m0/s1. The minimum atomic E-state index is 0.100. The highest BCUT2D eigenvalue weighted by Crippen LogP contribution is 2.46. The molecule has 4 rings (SSSR count). The minimum absolute atomic E-state index is 0.100. The number of fused-ring (bicyclic) bond motifs is 2. The maximum atomic E-state index is 12.8. The molecule has 2 atom stereocenters. The van der Waals surface area contributed by atoms with Crippen molar-refractivity contribution in [3.8, 4) is 11.1 Å². The van der Waals surface area contributed by atoms with E-state index in [0.29, 0.717) is 11.3 Å². The van der Waals surface area contributed by atoms with Crippen molar-refractivity contribution >= 4 is 11.4 Å². The molecule has 2 heteroatoms. The van der Waals surface area contributed by atoms with E-state index < -0.39 is 0 Å². The summed E-state index contributed by atoms with van der Waals surface area (Å²) in [5.41, 5.74) is 5.95. The van der Waals surface area contributed by atoms with Crippen LogP contribution in [0.4, 0.5) is 0 Å². The van der Waals surface area contributed by atoms with Crippen LogP contribution in [0.15, 0.2) is 48.2 Å². The van der Waals surface area contributed by atoms with Crippen molar-refractivity contribution in [3.05, 3.63) is 64.9 Å². The second-order valence-electron chi connectivity index (χ2n) is 7.23. The van der Waals surface area contributed by atoms with Gasteiger partial charge in [-0.15, -0.1) is 0 Å². The average Bonchev–Trinajstić information content (AvgIpc) is 3.03. The summed E-state index contributed by atoms with van der Waals surface area (Å²) in [5.74, 6) is 0.719. The molecule has 0 amide bonds. The van der Waals surface area contributed by atoms with Crippen LogP contribution in [0.3, 0.4) is 0 Å². The van der Waals surface area contributed by atoms with Gasteiger partial charge in [0.2, 0.25) is 0 Å². The highest BCUT2D eigenvalue weighted by Gasteiger charge is 2.41. The number of Topliss-reactive ketones (excluding diaryl/α,β-unsaturated/α-hetero) is 1. The van der Waals surface area contributed by atoms with Crippen molar-refractivity contribution in [3.63, 3.8) is 0 Å². The molecule has 1 N–H and O–H groups in total. The number of carbonyl (C=O) groups is 1. The van der Waals surface area contributed by atoms with Crippen molar-refractivity contribution in [2.45, 2.75) is 33.1 Å². The molecule has 2 aromatic rings. The van der Waals surface area contributed by atoms with Gasteiger partial charge in [-0.3, -0.25) is 4.79 Å². The Kier molecular flexibility index (Phi) is 3.56. The van der Waals surface area contributed by atoms with Crippen LogP contribution in [0, 0.1) is 25.7 Å². The number of rotatable bonds is 2. The molecule has 1 saturated carbocycles. The van der Waals surface area contributed by atoms with E-state index in [0.717, 1.165) is 41.5 Å². The molecule has 0 saturated heterocycles. The Labute approximate surface area is 142 Å². The highest BCUT2D eigenvalue weighted by atomic mass is 16.3. The maximum absolute atomic E-state index is 12.8. The van der Waals surface area contributed by atoms with Gasteiger partial charge in [0, 0.05) is 11.8 Å². The molecule has 0 aliphatic heterocycles. The summed E-state index contributed by atoms with van der Waals surface area (Å²) in [6.07, 6.45) is 2.67. The molecule has 1 fully saturated rings. The fourth-order valence-corrected chi connectivity index (χ4v) is 4.09. The third kappa shape index (κ3) is 2.37. The first-order valence-corrected chi connectivity index (χ1v) is 8.70. The first-order chi connectivity index (χ1) is 11.5. The summed E-state index contributed by atoms with van der Waals surface area (Å²) < 4.78 is 0. The lowest BCUT2D eigenvalue weighted by Gasteiger charge is -2.23. The number of aliphatic hydroxyl groups excluding tert-OH is 1. The Balaban J connectivity index is 1.84. The van der Waals surface area contributed by atoms with Gasteiger partial charge in [0.25, 0.3) is 0 Å². The van der Waals surface area contributed by atoms with E-state index in [-0.39, 0.29) is 17.6 Å². The number of aryl methyl sites for hydroxylation is 2. The lowest BCUT2D eigenvalue weighted by Crippen LogP contribution is -2.21. The van der Waals surface area contributed by atoms with Crippen LogP contribution < -0.4 is 0 Å². The molecule has 0 aromatic heterocycles. The van der Waals surface area contributed by atoms with Gasteiger partial charge in [-0.25, -0.2) is 0 Å². The second kappa shape index (κ2) is 5.62. The molecule has 2 aliphatic carbocycles. The Morgan fingerprint density at radius 1 is 0.917 bits per heavy atom. The normalized spacial score (nSPS) is 23.0. The van der Waals surface area contributed by atoms with Gasteiger partial charge in [0.1, 0.15) is 5.76 Å². The number of aliphatic hydroxyl groups is 1. The molecule has 0 heterocycles. The summed E-state index contributed by atoms with van der Waals surface area (Å²) in [6, 6.07) is 14.6. The molecule has 0 radical (unpaired) electrons. The van der Waals surface area contributed by atoms with Crippen molar-refractivity contribution < 1.29 is 9.90 Å². The van der Waals surface area contributed by atoms with Crippen molar-refractivity contribution in [2.75, 3.05) is 0 Å². The molecule has 0 unspecified atom stereocenters. The molecule has 2 bridgehead atoms. The fraction of sp³-hybridized carbons (Fsp3) is 0.318. The second-order valence-corrected chi connectivity index (χ2v) is 7.23. The summed E-state index contributed by atoms with van der Waals surface area (Å²) in [4.78, 5) is 12.8. The third-order valence-corrected chi connectivity index (χ3v) is 5.58. The van der Waals surface area contributed by atoms with E-state index in [1.165, 1.54) is 5.56 Å². The number of carbonyl (C=O) groups excluding carboxylic acids is 1. The van der Waals surface area contributed by atoms with Crippen LogP contribution in [0.25, 0.3) is 16.7 Å². The number of benzene rings is 2. The number of allylic oxidation sites excluding steroid dienone is 2. The lowest BCUT2D eigenvalue weighted by atomic mass is 9.81. The van der Waals surface area contributed by atoms with Gasteiger partial charge in [-0.1, -0.05) is 42.0 Å². The van der Waals surface area contributed by atoms with E-state index in [1.54, 1.807) is 0 Å². The van der Waals surface area contributed by atoms with Crippen LogP contribution in [0.1, 0.15) is 36.0 Å². The van der Waals surface area contributed by atoms with Crippen molar-refractivity contribution in [1.29, 1.82) is 0 Å². The molecular weight excluding hydrogens is 296 g/mol. The van der Waals surface area contributed by atoms with Gasteiger partial charge >= 0.3 is 0 Å². The zero-order chi connectivity index (χ0) is 16.8. The molecule has 2 nitrogen and oxygen atoms in total. The summed E-state index contributed by atoms with van der Waals surface area (Å²) in [7, 11) is 0. The quantitative estimate of drug-likeness (QED) is 0.822. The number of hydrogen-bond donors (Lipinski definition) is 1. The number of hydrogen-bond acceptors (Lipinski definition) is 2. The average molecular weight is 318 g/mol. The molecule has 122 valence electrons. The van der Waals surface area contributed by atoms with Gasteiger partial charge in [-0.05, 0) is 61.4 Å².